The van der Waals surface area contributed by atoms with Crippen molar-refractivity contribution in [2.24, 2.45) is 5.73 Å². The molecule has 0 bridgehead atoms. The number of hydrogen-bond acceptors (Lipinski definition) is 3. The van der Waals surface area contributed by atoms with Gasteiger partial charge in [0.1, 0.15) is 6.61 Å². The fraction of sp³-hybridized carbons (Fsp3) is 0.462. The molecule has 4 nitrogen and oxygen atoms in total. The number of rotatable bonds is 4. The van der Waals surface area contributed by atoms with Crippen LogP contribution in [0.4, 0.5) is 4.79 Å². The summed E-state index contributed by atoms with van der Waals surface area (Å²) in [4.78, 5) is 13.4. The van der Waals surface area contributed by atoms with Gasteiger partial charge in [-0.3, -0.25) is 4.90 Å². The smallest absolute Gasteiger partial charge is 0.410 e. The number of hydrogen-bond donors (Lipinski definition) is 1. The fourth-order valence-electron chi connectivity index (χ4n) is 2.11. The first-order chi connectivity index (χ1) is 8.22. The molecule has 1 aromatic rings. The third-order valence-corrected chi connectivity index (χ3v) is 3.01. The van der Waals surface area contributed by atoms with Crippen LogP contribution in [0.5, 0.6) is 0 Å². The number of nitrogens with two attached hydrogens (primary N) is 1. The lowest BCUT2D eigenvalue weighted by Gasteiger charge is -2.21. The normalized spacial score (nSPS) is 19.5. The van der Waals surface area contributed by atoms with Crippen LogP contribution in [-0.2, 0) is 4.74 Å². The highest BCUT2D eigenvalue weighted by atomic mass is 16.6. The maximum atomic E-state index is 11.6. The van der Waals surface area contributed by atoms with Crippen molar-refractivity contribution < 1.29 is 9.53 Å². The van der Waals surface area contributed by atoms with Crippen molar-refractivity contribution in [3.8, 4) is 0 Å². The SMILES string of the molecule is Cc1cccc(C2COC(=O)N2CCCN)c1. The average Bonchev–Trinajstić information content (AvgIpc) is 2.68. The molecule has 1 aromatic carbocycles. The summed E-state index contributed by atoms with van der Waals surface area (Å²) in [6.07, 6.45) is 0.571. The summed E-state index contributed by atoms with van der Waals surface area (Å²) in [5.74, 6) is 0. The zero-order valence-electron chi connectivity index (χ0n) is 10.1. The molecule has 1 heterocycles. The summed E-state index contributed by atoms with van der Waals surface area (Å²) >= 11 is 0. The molecule has 1 aliphatic rings. The maximum Gasteiger partial charge on any atom is 0.410 e. The van der Waals surface area contributed by atoms with Crippen LogP contribution in [0.25, 0.3) is 0 Å². The first-order valence-corrected chi connectivity index (χ1v) is 5.92. The van der Waals surface area contributed by atoms with Gasteiger partial charge >= 0.3 is 6.09 Å². The van der Waals surface area contributed by atoms with Gasteiger partial charge < -0.3 is 10.5 Å². The molecule has 0 aliphatic carbocycles. The monoisotopic (exact) mass is 234 g/mol. The molecule has 1 atom stereocenters. The summed E-state index contributed by atoms with van der Waals surface area (Å²) in [6.45, 7) is 3.73. The highest BCUT2D eigenvalue weighted by molar-refractivity contribution is 5.70. The van der Waals surface area contributed by atoms with Crippen LogP contribution in [0.15, 0.2) is 24.3 Å². The van der Waals surface area contributed by atoms with Crippen LogP contribution >= 0.6 is 0 Å². The molecule has 1 saturated heterocycles. The highest BCUT2D eigenvalue weighted by Crippen LogP contribution is 2.28. The Morgan fingerprint density at radius 1 is 1.53 bits per heavy atom. The van der Waals surface area contributed by atoms with E-state index in [4.69, 9.17) is 10.5 Å². The summed E-state index contributed by atoms with van der Waals surface area (Å²) in [5.41, 5.74) is 7.81. The lowest BCUT2D eigenvalue weighted by molar-refractivity contribution is 0.157. The molecular weight excluding hydrogens is 216 g/mol. The molecular formula is C13H18N2O2. The predicted octanol–water partition coefficient (Wildman–Crippen LogP) is 1.84. The van der Waals surface area contributed by atoms with Crippen molar-refractivity contribution >= 4 is 6.09 Å². The molecule has 1 fully saturated rings. The van der Waals surface area contributed by atoms with E-state index in [1.807, 2.05) is 25.1 Å². The number of aryl methyl sites for hydroxylation is 1. The number of amides is 1. The van der Waals surface area contributed by atoms with Crippen molar-refractivity contribution in [3.05, 3.63) is 35.4 Å². The van der Waals surface area contributed by atoms with Crippen LogP contribution in [0.3, 0.4) is 0 Å². The number of benzene rings is 1. The Labute approximate surface area is 101 Å². The number of carbonyl (C=O) groups excluding carboxylic acids is 1. The summed E-state index contributed by atoms with van der Waals surface area (Å²) in [6, 6.07) is 8.23. The molecule has 1 amide bonds. The molecule has 1 aliphatic heterocycles. The van der Waals surface area contributed by atoms with E-state index in [0.29, 0.717) is 19.7 Å². The first-order valence-electron chi connectivity index (χ1n) is 5.92. The Morgan fingerprint density at radius 3 is 3.06 bits per heavy atom. The third-order valence-electron chi connectivity index (χ3n) is 3.01. The van der Waals surface area contributed by atoms with E-state index < -0.39 is 0 Å². The second-order valence-corrected chi connectivity index (χ2v) is 4.34. The highest BCUT2D eigenvalue weighted by Gasteiger charge is 2.33. The largest absolute Gasteiger partial charge is 0.447 e. The van der Waals surface area contributed by atoms with E-state index in [9.17, 15) is 4.79 Å². The molecule has 92 valence electrons. The Morgan fingerprint density at radius 2 is 2.35 bits per heavy atom. The van der Waals surface area contributed by atoms with Crippen LogP contribution in [0.1, 0.15) is 23.6 Å². The minimum absolute atomic E-state index is 0.0361. The molecule has 2 N–H and O–H groups in total. The fourth-order valence-corrected chi connectivity index (χ4v) is 2.11. The van der Waals surface area contributed by atoms with Gasteiger partial charge in [0.05, 0.1) is 6.04 Å². The van der Waals surface area contributed by atoms with Crippen LogP contribution in [0, 0.1) is 6.92 Å². The van der Waals surface area contributed by atoms with Crippen molar-refractivity contribution in [3.63, 3.8) is 0 Å². The van der Waals surface area contributed by atoms with Crippen molar-refractivity contribution in [2.45, 2.75) is 19.4 Å². The van der Waals surface area contributed by atoms with Crippen LogP contribution < -0.4 is 5.73 Å². The van der Waals surface area contributed by atoms with E-state index in [-0.39, 0.29) is 12.1 Å². The zero-order chi connectivity index (χ0) is 12.3. The Kier molecular flexibility index (Phi) is 3.64. The van der Waals surface area contributed by atoms with Crippen LogP contribution in [-0.4, -0.2) is 30.7 Å². The minimum atomic E-state index is -0.232. The van der Waals surface area contributed by atoms with E-state index in [2.05, 4.69) is 6.07 Å². The van der Waals surface area contributed by atoms with Gasteiger partial charge in [0, 0.05) is 6.54 Å². The average molecular weight is 234 g/mol. The van der Waals surface area contributed by atoms with Gasteiger partial charge in [0.25, 0.3) is 0 Å². The minimum Gasteiger partial charge on any atom is -0.447 e. The second kappa shape index (κ2) is 5.19. The number of nitrogens with zero attached hydrogens (tertiary/aromatic N) is 1. The summed E-state index contributed by atoms with van der Waals surface area (Å²) in [7, 11) is 0. The predicted molar refractivity (Wildman–Crippen MR) is 65.6 cm³/mol. The van der Waals surface area contributed by atoms with Crippen molar-refractivity contribution in [1.29, 1.82) is 0 Å². The molecule has 2 rings (SSSR count). The van der Waals surface area contributed by atoms with Crippen molar-refractivity contribution in [2.75, 3.05) is 19.7 Å². The van der Waals surface area contributed by atoms with Gasteiger partial charge in [-0.2, -0.15) is 0 Å². The second-order valence-electron chi connectivity index (χ2n) is 4.34. The standard InChI is InChI=1S/C13H18N2O2/c1-10-4-2-5-11(8-10)12-9-17-13(16)15(12)7-3-6-14/h2,4-5,8,12H,3,6-7,9,14H2,1H3. The molecule has 0 aromatic heterocycles. The lowest BCUT2D eigenvalue weighted by Crippen LogP contribution is -2.29. The number of carbonyl (C=O) groups is 1. The van der Waals surface area contributed by atoms with Gasteiger partial charge in [-0.05, 0) is 25.5 Å². The molecule has 0 spiro atoms. The van der Waals surface area contributed by atoms with Crippen LogP contribution in [0.2, 0.25) is 0 Å². The van der Waals surface area contributed by atoms with E-state index in [0.717, 1.165) is 12.0 Å². The molecule has 0 radical (unpaired) electrons. The molecule has 4 heteroatoms. The van der Waals surface area contributed by atoms with Gasteiger partial charge in [0.15, 0.2) is 0 Å². The van der Waals surface area contributed by atoms with E-state index in [1.165, 1.54) is 5.56 Å². The Balaban J connectivity index is 2.16. The Hall–Kier alpha value is -1.55. The summed E-state index contributed by atoms with van der Waals surface area (Å²) in [5, 5.41) is 0. The summed E-state index contributed by atoms with van der Waals surface area (Å²) < 4.78 is 5.12. The quantitative estimate of drug-likeness (QED) is 0.864. The van der Waals surface area contributed by atoms with Gasteiger partial charge in [-0.15, -0.1) is 0 Å². The molecule has 1 unspecified atom stereocenters. The lowest BCUT2D eigenvalue weighted by atomic mass is 10.0. The molecule has 17 heavy (non-hydrogen) atoms. The number of ether oxygens (including phenoxy) is 1. The third kappa shape index (κ3) is 2.58. The number of cyclic esters (lactones) is 1. The maximum absolute atomic E-state index is 11.6. The van der Waals surface area contributed by atoms with E-state index in [1.54, 1.807) is 4.90 Å². The van der Waals surface area contributed by atoms with Gasteiger partial charge in [0.2, 0.25) is 0 Å². The van der Waals surface area contributed by atoms with E-state index >= 15 is 0 Å². The van der Waals surface area contributed by atoms with Gasteiger partial charge in [-0.1, -0.05) is 29.8 Å². The Bertz CT molecular complexity index is 406. The topological polar surface area (TPSA) is 55.6 Å². The van der Waals surface area contributed by atoms with Gasteiger partial charge in [-0.25, -0.2) is 4.79 Å². The first kappa shape index (κ1) is 11.9. The zero-order valence-corrected chi connectivity index (χ0v) is 10.1. The van der Waals surface area contributed by atoms with Crippen molar-refractivity contribution in [1.82, 2.24) is 4.90 Å². The molecule has 0 saturated carbocycles.